The van der Waals surface area contributed by atoms with Crippen molar-refractivity contribution in [1.82, 2.24) is 5.48 Å². The van der Waals surface area contributed by atoms with Crippen molar-refractivity contribution in [2.75, 3.05) is 6.61 Å². The minimum Gasteiger partial charge on any atom is -0.368 e. The van der Waals surface area contributed by atoms with Crippen molar-refractivity contribution >= 4 is 39.3 Å². The van der Waals surface area contributed by atoms with Gasteiger partial charge in [0.05, 0.1) is 10.6 Å². The number of halogens is 2. The quantitative estimate of drug-likeness (QED) is 0.821. The highest BCUT2D eigenvalue weighted by atomic mass is 79.9. The summed E-state index contributed by atoms with van der Waals surface area (Å²) in [5.41, 5.74) is 7.11. The van der Waals surface area contributed by atoms with Crippen LogP contribution in [0.25, 0.3) is 0 Å². The lowest BCUT2D eigenvalue weighted by Crippen LogP contribution is -2.29. The molecule has 86 valence electrons. The zero-order valence-corrected chi connectivity index (χ0v) is 10.3. The van der Waals surface area contributed by atoms with Crippen LogP contribution in [0, 0.1) is 0 Å². The van der Waals surface area contributed by atoms with Crippen LogP contribution >= 0.6 is 27.5 Å². The van der Waals surface area contributed by atoms with Crippen molar-refractivity contribution in [1.29, 1.82) is 0 Å². The molecule has 7 heteroatoms. The Bertz CT molecular complexity index is 425. The zero-order chi connectivity index (χ0) is 12.1. The first-order chi connectivity index (χ1) is 7.50. The van der Waals surface area contributed by atoms with E-state index in [1.165, 1.54) is 6.07 Å². The topological polar surface area (TPSA) is 81.4 Å². The number of nitrogens with two attached hydrogens (primary N) is 1. The van der Waals surface area contributed by atoms with Gasteiger partial charge in [-0.25, -0.2) is 5.48 Å². The molecule has 1 aromatic rings. The molecule has 1 aromatic carbocycles. The number of primary amides is 1. The number of nitrogens with one attached hydrogen (secondary N) is 1. The van der Waals surface area contributed by atoms with Gasteiger partial charge in [0.2, 0.25) is 5.91 Å². The van der Waals surface area contributed by atoms with Crippen LogP contribution in [0.2, 0.25) is 5.02 Å². The van der Waals surface area contributed by atoms with Crippen LogP contribution < -0.4 is 11.2 Å². The Hall–Kier alpha value is -1.11. The summed E-state index contributed by atoms with van der Waals surface area (Å²) in [6.45, 7) is -0.392. The molecule has 0 fully saturated rings. The van der Waals surface area contributed by atoms with E-state index < -0.39 is 18.4 Å². The maximum absolute atomic E-state index is 11.5. The molecule has 0 saturated heterocycles. The summed E-state index contributed by atoms with van der Waals surface area (Å²) >= 11 is 9.01. The van der Waals surface area contributed by atoms with Crippen LogP contribution in [0.5, 0.6) is 0 Å². The van der Waals surface area contributed by atoms with Crippen LogP contribution in [0.15, 0.2) is 22.7 Å². The highest BCUT2D eigenvalue weighted by molar-refractivity contribution is 9.10. The van der Waals surface area contributed by atoms with Crippen molar-refractivity contribution < 1.29 is 14.4 Å². The van der Waals surface area contributed by atoms with Gasteiger partial charge in [-0.1, -0.05) is 27.5 Å². The second-order valence-electron chi connectivity index (χ2n) is 2.81. The number of hydroxylamine groups is 1. The van der Waals surface area contributed by atoms with Crippen molar-refractivity contribution in [3.8, 4) is 0 Å². The minimum absolute atomic E-state index is 0.237. The Morgan fingerprint density at radius 3 is 2.81 bits per heavy atom. The largest absolute Gasteiger partial charge is 0.368 e. The fourth-order valence-corrected chi connectivity index (χ4v) is 1.46. The molecule has 0 atom stereocenters. The highest BCUT2D eigenvalue weighted by Crippen LogP contribution is 2.20. The van der Waals surface area contributed by atoms with Gasteiger partial charge in [0, 0.05) is 4.47 Å². The maximum Gasteiger partial charge on any atom is 0.276 e. The average molecular weight is 308 g/mol. The SMILES string of the molecule is NC(=O)CONC(=O)c1cc(Br)ccc1Cl. The Morgan fingerprint density at radius 2 is 2.19 bits per heavy atom. The fraction of sp³-hybridized carbons (Fsp3) is 0.111. The van der Waals surface area contributed by atoms with E-state index in [0.717, 1.165) is 0 Å². The number of amides is 2. The van der Waals surface area contributed by atoms with Gasteiger partial charge in [0.15, 0.2) is 6.61 Å². The first-order valence-electron chi connectivity index (χ1n) is 4.16. The minimum atomic E-state index is -0.680. The summed E-state index contributed by atoms with van der Waals surface area (Å²) < 4.78 is 0.706. The van der Waals surface area contributed by atoms with E-state index in [9.17, 15) is 9.59 Å². The zero-order valence-electron chi connectivity index (χ0n) is 8.00. The molecule has 0 heterocycles. The van der Waals surface area contributed by atoms with Crippen molar-refractivity contribution in [2.24, 2.45) is 5.73 Å². The van der Waals surface area contributed by atoms with E-state index in [0.29, 0.717) is 4.47 Å². The summed E-state index contributed by atoms with van der Waals surface area (Å²) in [5.74, 6) is -1.23. The van der Waals surface area contributed by atoms with Crippen LogP contribution in [0.3, 0.4) is 0 Å². The van der Waals surface area contributed by atoms with Crippen LogP contribution in [0.1, 0.15) is 10.4 Å². The van der Waals surface area contributed by atoms with E-state index in [1.807, 2.05) is 0 Å². The third-order valence-corrected chi connectivity index (χ3v) is 2.38. The van der Waals surface area contributed by atoms with E-state index in [-0.39, 0.29) is 10.6 Å². The molecule has 0 aromatic heterocycles. The average Bonchev–Trinajstić information content (AvgIpc) is 2.21. The van der Waals surface area contributed by atoms with Crippen molar-refractivity contribution in [3.63, 3.8) is 0 Å². The fourth-order valence-electron chi connectivity index (χ4n) is 0.899. The first kappa shape index (κ1) is 13.0. The molecule has 5 nitrogen and oxygen atoms in total. The van der Waals surface area contributed by atoms with E-state index >= 15 is 0 Å². The summed E-state index contributed by atoms with van der Waals surface area (Å²) in [4.78, 5) is 26.4. The molecular weight excluding hydrogens is 299 g/mol. The number of carbonyl (C=O) groups excluding carboxylic acids is 2. The molecule has 16 heavy (non-hydrogen) atoms. The van der Waals surface area contributed by atoms with Gasteiger partial charge in [-0.2, -0.15) is 0 Å². The third-order valence-electron chi connectivity index (χ3n) is 1.55. The van der Waals surface area contributed by atoms with Crippen LogP contribution in [-0.2, 0) is 9.63 Å². The Morgan fingerprint density at radius 1 is 1.50 bits per heavy atom. The second-order valence-corrected chi connectivity index (χ2v) is 4.13. The number of hydrogen-bond acceptors (Lipinski definition) is 3. The molecule has 2 amide bonds. The number of carbonyl (C=O) groups is 2. The summed E-state index contributed by atoms with van der Waals surface area (Å²) in [7, 11) is 0. The molecule has 1 rings (SSSR count). The first-order valence-corrected chi connectivity index (χ1v) is 5.33. The van der Waals surface area contributed by atoms with Gasteiger partial charge in [-0.05, 0) is 18.2 Å². The van der Waals surface area contributed by atoms with Gasteiger partial charge < -0.3 is 5.73 Å². The predicted octanol–water partition coefficient (Wildman–Crippen LogP) is 1.25. The monoisotopic (exact) mass is 306 g/mol. The van der Waals surface area contributed by atoms with E-state index in [1.54, 1.807) is 12.1 Å². The lowest BCUT2D eigenvalue weighted by atomic mass is 10.2. The molecule has 0 bridgehead atoms. The Labute approximate surface area is 105 Å². The van der Waals surface area contributed by atoms with E-state index in [2.05, 4.69) is 26.2 Å². The highest BCUT2D eigenvalue weighted by Gasteiger charge is 2.11. The van der Waals surface area contributed by atoms with Gasteiger partial charge in [0.1, 0.15) is 0 Å². The van der Waals surface area contributed by atoms with Gasteiger partial charge in [-0.3, -0.25) is 14.4 Å². The smallest absolute Gasteiger partial charge is 0.276 e. The molecule has 0 unspecified atom stereocenters. The molecule has 0 aliphatic carbocycles. The van der Waals surface area contributed by atoms with Crippen LogP contribution in [0.4, 0.5) is 0 Å². The lowest BCUT2D eigenvalue weighted by molar-refractivity contribution is -0.124. The molecule has 0 aliphatic heterocycles. The summed E-state index contributed by atoms with van der Waals surface area (Å²) in [5, 5.41) is 0.281. The standard InChI is InChI=1S/C9H8BrClN2O3/c10-5-1-2-7(11)6(3-5)9(15)13-16-4-8(12)14/h1-3H,4H2,(H2,12,14)(H,13,15). The third kappa shape index (κ3) is 3.80. The van der Waals surface area contributed by atoms with Gasteiger partial charge >= 0.3 is 0 Å². The van der Waals surface area contributed by atoms with Crippen LogP contribution in [-0.4, -0.2) is 18.4 Å². The molecular formula is C9H8BrClN2O3. The van der Waals surface area contributed by atoms with Crippen molar-refractivity contribution in [2.45, 2.75) is 0 Å². The summed E-state index contributed by atoms with van der Waals surface area (Å²) in [6, 6.07) is 4.79. The maximum atomic E-state index is 11.5. The molecule has 0 spiro atoms. The van der Waals surface area contributed by atoms with Gasteiger partial charge in [-0.15, -0.1) is 0 Å². The molecule has 0 aliphatic rings. The van der Waals surface area contributed by atoms with E-state index in [4.69, 9.17) is 17.3 Å². The second kappa shape index (κ2) is 5.83. The molecule has 0 saturated carbocycles. The summed E-state index contributed by atoms with van der Waals surface area (Å²) in [6.07, 6.45) is 0. The molecule has 0 radical (unpaired) electrons. The van der Waals surface area contributed by atoms with Gasteiger partial charge in [0.25, 0.3) is 5.91 Å². The molecule has 3 N–H and O–H groups in total. The Balaban J connectivity index is 2.65. The number of benzene rings is 1. The number of hydrogen-bond donors (Lipinski definition) is 2. The number of rotatable bonds is 4. The Kier molecular flexibility index (Phi) is 4.72. The van der Waals surface area contributed by atoms with Crippen molar-refractivity contribution in [3.05, 3.63) is 33.3 Å². The normalized spacial score (nSPS) is 9.88. The lowest BCUT2D eigenvalue weighted by Gasteiger charge is -2.06. The predicted molar refractivity (Wildman–Crippen MR) is 61.8 cm³/mol.